The Morgan fingerprint density at radius 2 is 1.73 bits per heavy atom. The van der Waals surface area contributed by atoms with E-state index in [2.05, 4.69) is 15.4 Å². The van der Waals surface area contributed by atoms with E-state index in [-0.39, 0.29) is 17.0 Å². The topological polar surface area (TPSA) is 84.5 Å². The van der Waals surface area contributed by atoms with Gasteiger partial charge < -0.3 is 10.1 Å². The predicted molar refractivity (Wildman–Crippen MR) is 128 cm³/mol. The number of nitrogens with one attached hydrogen (secondary N) is 2. The van der Waals surface area contributed by atoms with Crippen molar-refractivity contribution in [2.45, 2.75) is 56.8 Å². The Morgan fingerprint density at radius 1 is 1.05 bits per heavy atom. The number of rotatable bonds is 3. The van der Waals surface area contributed by atoms with E-state index in [1.54, 1.807) is 6.07 Å². The van der Waals surface area contributed by atoms with Crippen LogP contribution in [-0.4, -0.2) is 36.1 Å². The maximum atomic E-state index is 14.5. The molecule has 0 bridgehead atoms. The SMILES string of the molecule is CC(C)(C)C[C@@H]1N[C@@H](C(=O)OC(=O)C(F)(F)F)[C@@H](c2cc(F)cc(Cl)c2)C12C(=O)Nc1cc(Cl)ccc12. The lowest BCUT2D eigenvalue weighted by molar-refractivity contribution is -0.202. The maximum absolute atomic E-state index is 14.5. The van der Waals surface area contributed by atoms with Crippen molar-refractivity contribution in [3.63, 3.8) is 0 Å². The van der Waals surface area contributed by atoms with Crippen LogP contribution in [0.15, 0.2) is 36.4 Å². The van der Waals surface area contributed by atoms with E-state index < -0.39 is 58.7 Å². The Bertz CT molecular complexity index is 1270. The summed E-state index contributed by atoms with van der Waals surface area (Å²) < 4.78 is 57.5. The average molecular weight is 561 g/mol. The summed E-state index contributed by atoms with van der Waals surface area (Å²) in [7, 11) is 0. The lowest BCUT2D eigenvalue weighted by atomic mass is 9.62. The molecule has 2 aromatic carbocycles. The fourth-order valence-corrected chi connectivity index (χ4v) is 5.77. The zero-order valence-corrected chi connectivity index (χ0v) is 21.3. The summed E-state index contributed by atoms with van der Waals surface area (Å²) in [4.78, 5) is 38.5. The van der Waals surface area contributed by atoms with Gasteiger partial charge in [-0.25, -0.2) is 14.0 Å². The minimum Gasteiger partial charge on any atom is -0.385 e. The third-order valence-electron chi connectivity index (χ3n) is 6.54. The number of esters is 2. The summed E-state index contributed by atoms with van der Waals surface area (Å²) in [5, 5.41) is 5.96. The second-order valence-corrected chi connectivity index (χ2v) is 11.2. The normalized spacial score (nSPS) is 25.2. The number of benzene rings is 2. The largest absolute Gasteiger partial charge is 0.491 e. The number of amides is 1. The Labute approximate surface area is 219 Å². The van der Waals surface area contributed by atoms with Crippen LogP contribution in [0.5, 0.6) is 0 Å². The number of carbonyl (C=O) groups excluding carboxylic acids is 3. The van der Waals surface area contributed by atoms with Gasteiger partial charge in [-0.15, -0.1) is 0 Å². The Morgan fingerprint density at radius 3 is 2.32 bits per heavy atom. The van der Waals surface area contributed by atoms with E-state index in [9.17, 15) is 31.9 Å². The monoisotopic (exact) mass is 560 g/mol. The third-order valence-corrected chi connectivity index (χ3v) is 7.00. The standard InChI is InChI=1S/C25H22Cl2F4N2O4/c1-23(2,3)10-17-24(15-5-4-12(26)9-16(15)32-21(24)35)18(11-6-13(27)8-14(28)7-11)19(33-17)20(34)37-22(36)25(29,30)31/h4-9,17-19,33H,10H2,1-3H3,(H,32,35)/t17-,18+,19+,24?/m0/s1. The van der Waals surface area contributed by atoms with Crippen molar-refractivity contribution in [3.8, 4) is 0 Å². The molecule has 198 valence electrons. The molecule has 2 aromatic rings. The van der Waals surface area contributed by atoms with Gasteiger partial charge in [0.25, 0.3) is 0 Å². The van der Waals surface area contributed by atoms with E-state index in [1.807, 2.05) is 20.8 Å². The van der Waals surface area contributed by atoms with E-state index in [4.69, 9.17) is 23.2 Å². The molecule has 0 radical (unpaired) electrons. The van der Waals surface area contributed by atoms with Gasteiger partial charge in [0.15, 0.2) is 0 Å². The molecule has 6 nitrogen and oxygen atoms in total. The van der Waals surface area contributed by atoms with E-state index in [0.29, 0.717) is 16.3 Å². The van der Waals surface area contributed by atoms with Crippen LogP contribution in [0.2, 0.25) is 10.0 Å². The van der Waals surface area contributed by atoms with Crippen LogP contribution in [0.25, 0.3) is 0 Å². The quantitative estimate of drug-likeness (QED) is 0.293. The summed E-state index contributed by atoms with van der Waals surface area (Å²) in [6.45, 7) is 5.64. The van der Waals surface area contributed by atoms with Crippen LogP contribution in [0.3, 0.4) is 0 Å². The minimum atomic E-state index is -5.43. The average Bonchev–Trinajstić information content (AvgIpc) is 3.21. The number of fused-ring (bicyclic) bond motifs is 2. The molecule has 4 atom stereocenters. The highest BCUT2D eigenvalue weighted by molar-refractivity contribution is 6.31. The van der Waals surface area contributed by atoms with E-state index >= 15 is 0 Å². The Hall–Kier alpha value is -2.69. The van der Waals surface area contributed by atoms with Gasteiger partial charge in [0.2, 0.25) is 5.91 Å². The second kappa shape index (κ2) is 9.25. The molecule has 0 aliphatic carbocycles. The zero-order chi connectivity index (χ0) is 27.5. The van der Waals surface area contributed by atoms with Crippen molar-refractivity contribution < 1.29 is 36.7 Å². The molecule has 1 unspecified atom stereocenters. The van der Waals surface area contributed by atoms with E-state index in [1.165, 1.54) is 18.2 Å². The molecule has 1 saturated heterocycles. The molecule has 2 aliphatic rings. The second-order valence-electron chi connectivity index (χ2n) is 10.4. The lowest BCUT2D eigenvalue weighted by Crippen LogP contribution is -2.49. The number of hydrogen-bond acceptors (Lipinski definition) is 5. The molecule has 0 aromatic heterocycles. The molecule has 1 amide bonds. The molecular formula is C25H22Cl2F4N2O4. The van der Waals surface area contributed by atoms with Crippen LogP contribution in [-0.2, 0) is 24.5 Å². The zero-order valence-electron chi connectivity index (χ0n) is 19.8. The fraction of sp³-hybridized carbons (Fsp3) is 0.400. The summed E-state index contributed by atoms with van der Waals surface area (Å²) >= 11 is 12.2. The van der Waals surface area contributed by atoms with Gasteiger partial charge >= 0.3 is 18.1 Å². The first-order chi connectivity index (χ1) is 17.0. The summed E-state index contributed by atoms with van der Waals surface area (Å²) in [6, 6.07) is 5.52. The summed E-state index contributed by atoms with van der Waals surface area (Å²) in [6.07, 6.45) is -5.17. The van der Waals surface area contributed by atoms with Crippen LogP contribution in [0.1, 0.15) is 44.2 Å². The van der Waals surface area contributed by atoms with Gasteiger partial charge in [-0.2, -0.15) is 13.2 Å². The summed E-state index contributed by atoms with van der Waals surface area (Å²) in [5.41, 5.74) is -1.24. The Balaban J connectivity index is 1.97. The number of ether oxygens (including phenoxy) is 1. The molecule has 2 aliphatic heterocycles. The highest BCUT2D eigenvalue weighted by Crippen LogP contribution is 2.57. The minimum absolute atomic E-state index is 0.0577. The molecule has 1 fully saturated rings. The highest BCUT2D eigenvalue weighted by Gasteiger charge is 2.66. The van der Waals surface area contributed by atoms with Crippen molar-refractivity contribution in [2.75, 3.05) is 5.32 Å². The number of carbonyl (C=O) groups is 3. The van der Waals surface area contributed by atoms with Gasteiger partial charge in [-0.05, 0) is 53.3 Å². The third kappa shape index (κ3) is 4.94. The molecule has 2 heterocycles. The smallest absolute Gasteiger partial charge is 0.385 e. The van der Waals surface area contributed by atoms with E-state index in [0.717, 1.165) is 12.1 Å². The lowest BCUT2D eigenvalue weighted by Gasteiger charge is -2.37. The van der Waals surface area contributed by atoms with Gasteiger partial charge in [0, 0.05) is 27.7 Å². The predicted octanol–water partition coefficient (Wildman–Crippen LogP) is 5.51. The van der Waals surface area contributed by atoms with Crippen LogP contribution >= 0.6 is 23.2 Å². The van der Waals surface area contributed by atoms with Gasteiger partial charge in [0.05, 0.1) is 0 Å². The first-order valence-corrected chi connectivity index (χ1v) is 12.0. The van der Waals surface area contributed by atoms with Crippen molar-refractivity contribution >= 4 is 46.7 Å². The summed E-state index contributed by atoms with van der Waals surface area (Å²) in [5.74, 6) is -6.92. The van der Waals surface area contributed by atoms with Crippen molar-refractivity contribution in [1.29, 1.82) is 0 Å². The van der Waals surface area contributed by atoms with Crippen molar-refractivity contribution in [1.82, 2.24) is 5.32 Å². The highest BCUT2D eigenvalue weighted by atomic mass is 35.5. The molecule has 2 N–H and O–H groups in total. The number of hydrogen-bond donors (Lipinski definition) is 2. The van der Waals surface area contributed by atoms with Gasteiger partial charge in [-0.1, -0.05) is 50.0 Å². The number of halogens is 6. The number of alkyl halides is 3. The molecule has 4 rings (SSSR count). The molecule has 0 saturated carbocycles. The molecule has 12 heteroatoms. The molecule has 1 spiro atoms. The van der Waals surface area contributed by atoms with Crippen molar-refractivity contribution in [2.24, 2.45) is 5.41 Å². The molecular weight excluding hydrogens is 539 g/mol. The Kier molecular flexibility index (Phi) is 6.84. The number of anilines is 1. The molecule has 37 heavy (non-hydrogen) atoms. The van der Waals surface area contributed by atoms with Crippen LogP contribution in [0, 0.1) is 11.2 Å². The van der Waals surface area contributed by atoms with Crippen molar-refractivity contribution in [3.05, 3.63) is 63.4 Å². The van der Waals surface area contributed by atoms with Gasteiger partial charge in [0.1, 0.15) is 17.3 Å². The first kappa shape index (κ1) is 27.3. The van der Waals surface area contributed by atoms with Gasteiger partial charge in [-0.3, -0.25) is 10.1 Å². The fourth-order valence-electron chi connectivity index (χ4n) is 5.37. The van der Waals surface area contributed by atoms with Crippen LogP contribution in [0.4, 0.5) is 23.2 Å². The van der Waals surface area contributed by atoms with Crippen LogP contribution < -0.4 is 10.6 Å². The maximum Gasteiger partial charge on any atom is 0.491 e. The first-order valence-electron chi connectivity index (χ1n) is 11.2.